The van der Waals surface area contributed by atoms with Crippen molar-refractivity contribution in [2.45, 2.75) is 58.0 Å². The molecule has 0 amide bonds. The lowest BCUT2D eigenvalue weighted by molar-refractivity contribution is 0.225. The molecular formula is C11H21N. The largest absolute Gasteiger partial charge is 0.311 e. The normalized spacial score (nSPS) is 43.0. The smallest absolute Gasteiger partial charge is 0.00723 e. The minimum atomic E-state index is 0.851. The van der Waals surface area contributed by atoms with Crippen LogP contribution in [0.25, 0.3) is 0 Å². The van der Waals surface area contributed by atoms with Crippen LogP contribution in [0.5, 0.6) is 0 Å². The van der Waals surface area contributed by atoms with E-state index in [0.29, 0.717) is 0 Å². The van der Waals surface area contributed by atoms with Crippen molar-refractivity contribution in [3.63, 3.8) is 0 Å². The zero-order chi connectivity index (χ0) is 8.55. The Labute approximate surface area is 75.9 Å². The van der Waals surface area contributed by atoms with E-state index in [9.17, 15) is 0 Å². The Kier molecular flexibility index (Phi) is 2.40. The zero-order valence-corrected chi connectivity index (χ0v) is 8.34. The summed E-state index contributed by atoms with van der Waals surface area (Å²) < 4.78 is 0. The fraction of sp³-hybridized carbons (Fsp3) is 1.00. The first kappa shape index (κ1) is 8.55. The van der Waals surface area contributed by atoms with Crippen molar-refractivity contribution >= 4 is 0 Å². The highest BCUT2D eigenvalue weighted by molar-refractivity contribution is 4.88. The molecular weight excluding hydrogens is 146 g/mol. The first-order valence-corrected chi connectivity index (χ1v) is 5.51. The van der Waals surface area contributed by atoms with Gasteiger partial charge in [0.1, 0.15) is 0 Å². The van der Waals surface area contributed by atoms with E-state index in [1.165, 1.54) is 32.1 Å². The Morgan fingerprint density at radius 3 is 2.08 bits per heavy atom. The summed E-state index contributed by atoms with van der Waals surface area (Å²) in [5, 5.41) is 3.74. The third-order valence-corrected chi connectivity index (χ3v) is 3.65. The van der Waals surface area contributed by atoms with Gasteiger partial charge in [-0.1, -0.05) is 13.8 Å². The van der Waals surface area contributed by atoms with Gasteiger partial charge in [0, 0.05) is 12.1 Å². The number of hydrogen-bond donors (Lipinski definition) is 1. The van der Waals surface area contributed by atoms with Crippen molar-refractivity contribution in [1.29, 1.82) is 0 Å². The second-order valence-corrected chi connectivity index (χ2v) is 4.91. The molecule has 0 spiro atoms. The van der Waals surface area contributed by atoms with Crippen molar-refractivity contribution in [3.8, 4) is 0 Å². The summed E-state index contributed by atoms with van der Waals surface area (Å²) in [6.07, 6.45) is 7.13. The second kappa shape index (κ2) is 3.37. The molecule has 0 bridgehead atoms. The number of nitrogens with one attached hydrogen (secondary N) is 1. The van der Waals surface area contributed by atoms with Crippen molar-refractivity contribution in [2.24, 2.45) is 11.8 Å². The van der Waals surface area contributed by atoms with Gasteiger partial charge in [-0.15, -0.1) is 0 Å². The minimum absolute atomic E-state index is 0.851. The van der Waals surface area contributed by atoms with Crippen LogP contribution in [0.4, 0.5) is 0 Å². The fourth-order valence-corrected chi connectivity index (χ4v) is 2.28. The summed E-state index contributed by atoms with van der Waals surface area (Å²) in [5.74, 6) is 1.90. The molecule has 0 radical (unpaired) electrons. The van der Waals surface area contributed by atoms with Crippen molar-refractivity contribution in [2.75, 3.05) is 0 Å². The van der Waals surface area contributed by atoms with Gasteiger partial charge < -0.3 is 5.32 Å². The van der Waals surface area contributed by atoms with E-state index >= 15 is 0 Å². The molecule has 2 aliphatic carbocycles. The molecule has 3 atom stereocenters. The molecule has 0 aromatic rings. The molecule has 0 unspecified atom stereocenters. The lowest BCUT2D eigenvalue weighted by atomic mass is 9.79. The van der Waals surface area contributed by atoms with Gasteiger partial charge in [0.25, 0.3) is 0 Å². The van der Waals surface area contributed by atoms with Crippen LogP contribution >= 0.6 is 0 Å². The van der Waals surface area contributed by atoms with Gasteiger partial charge in [-0.05, 0) is 43.9 Å². The van der Waals surface area contributed by atoms with E-state index < -0.39 is 0 Å². The molecule has 2 saturated carbocycles. The van der Waals surface area contributed by atoms with E-state index in [4.69, 9.17) is 0 Å². The number of rotatable bonds is 2. The lowest BCUT2D eigenvalue weighted by Crippen LogP contribution is -2.37. The third kappa shape index (κ3) is 2.01. The van der Waals surface area contributed by atoms with Crippen LogP contribution in [-0.4, -0.2) is 12.1 Å². The Bertz CT molecular complexity index is 151. The monoisotopic (exact) mass is 167 g/mol. The Morgan fingerprint density at radius 2 is 1.50 bits per heavy atom. The van der Waals surface area contributed by atoms with E-state index in [-0.39, 0.29) is 0 Å². The molecule has 1 heteroatoms. The van der Waals surface area contributed by atoms with Crippen molar-refractivity contribution in [3.05, 3.63) is 0 Å². The maximum absolute atomic E-state index is 3.74. The third-order valence-electron chi connectivity index (χ3n) is 3.65. The molecule has 2 aliphatic rings. The van der Waals surface area contributed by atoms with Crippen LogP contribution < -0.4 is 5.32 Å². The summed E-state index contributed by atoms with van der Waals surface area (Å²) in [5.41, 5.74) is 0. The van der Waals surface area contributed by atoms with Gasteiger partial charge in [-0.2, -0.15) is 0 Å². The van der Waals surface area contributed by atoms with Crippen molar-refractivity contribution < 1.29 is 0 Å². The van der Waals surface area contributed by atoms with Crippen LogP contribution in [0.2, 0.25) is 0 Å². The Balaban J connectivity index is 1.76. The highest BCUT2D eigenvalue weighted by Crippen LogP contribution is 2.31. The molecule has 2 fully saturated rings. The number of hydrogen-bond acceptors (Lipinski definition) is 1. The summed E-state index contributed by atoms with van der Waals surface area (Å²) in [4.78, 5) is 0. The van der Waals surface area contributed by atoms with E-state index in [0.717, 1.165) is 23.9 Å². The lowest BCUT2D eigenvalue weighted by Gasteiger charge is -2.32. The average molecular weight is 167 g/mol. The van der Waals surface area contributed by atoms with E-state index in [1.54, 1.807) is 0 Å². The molecule has 0 aliphatic heterocycles. The predicted molar refractivity (Wildman–Crippen MR) is 52.1 cm³/mol. The zero-order valence-electron chi connectivity index (χ0n) is 8.34. The van der Waals surface area contributed by atoms with E-state index in [2.05, 4.69) is 19.2 Å². The van der Waals surface area contributed by atoms with E-state index in [1.807, 2.05) is 0 Å². The van der Waals surface area contributed by atoms with Crippen LogP contribution in [0.1, 0.15) is 46.0 Å². The molecule has 0 aromatic heterocycles. The predicted octanol–water partition coefficient (Wildman–Crippen LogP) is 2.56. The second-order valence-electron chi connectivity index (χ2n) is 4.91. The van der Waals surface area contributed by atoms with Crippen LogP contribution in [0.15, 0.2) is 0 Å². The molecule has 70 valence electrons. The van der Waals surface area contributed by atoms with Crippen LogP contribution in [-0.2, 0) is 0 Å². The standard InChI is InChI=1S/C11H21N/c1-8-3-4-11(7-9(8)2)12-10-5-6-10/h8-12H,3-7H2,1-2H3/t8-,9-,11+/m0/s1. The average Bonchev–Trinajstić information content (AvgIpc) is 2.81. The molecule has 1 N–H and O–H groups in total. The summed E-state index contributed by atoms with van der Waals surface area (Å²) in [7, 11) is 0. The van der Waals surface area contributed by atoms with Gasteiger partial charge in [0.15, 0.2) is 0 Å². The fourth-order valence-electron chi connectivity index (χ4n) is 2.28. The van der Waals surface area contributed by atoms with Gasteiger partial charge >= 0.3 is 0 Å². The molecule has 0 heterocycles. The van der Waals surface area contributed by atoms with Gasteiger partial charge in [0.05, 0.1) is 0 Å². The molecule has 2 rings (SSSR count). The first-order valence-electron chi connectivity index (χ1n) is 5.51. The summed E-state index contributed by atoms with van der Waals surface area (Å²) in [6.45, 7) is 4.81. The molecule has 1 nitrogen and oxygen atoms in total. The topological polar surface area (TPSA) is 12.0 Å². The van der Waals surface area contributed by atoms with Crippen molar-refractivity contribution in [1.82, 2.24) is 5.32 Å². The highest BCUT2D eigenvalue weighted by atomic mass is 15.0. The maximum Gasteiger partial charge on any atom is 0.00723 e. The van der Waals surface area contributed by atoms with Gasteiger partial charge in [-0.25, -0.2) is 0 Å². The summed E-state index contributed by atoms with van der Waals surface area (Å²) in [6, 6.07) is 1.75. The molecule has 0 aromatic carbocycles. The maximum atomic E-state index is 3.74. The Hall–Kier alpha value is -0.0400. The minimum Gasteiger partial charge on any atom is -0.311 e. The Morgan fingerprint density at radius 1 is 0.833 bits per heavy atom. The molecule has 12 heavy (non-hydrogen) atoms. The SMILES string of the molecule is C[C@H]1CC[C@@H](NC2CC2)C[C@@H]1C. The quantitative estimate of drug-likeness (QED) is 0.666. The molecule has 0 saturated heterocycles. The first-order chi connectivity index (χ1) is 5.75. The summed E-state index contributed by atoms with van der Waals surface area (Å²) >= 11 is 0. The van der Waals surface area contributed by atoms with Gasteiger partial charge in [0.2, 0.25) is 0 Å². The van der Waals surface area contributed by atoms with Gasteiger partial charge in [-0.3, -0.25) is 0 Å². The van der Waals surface area contributed by atoms with Crippen LogP contribution in [0.3, 0.4) is 0 Å². The highest BCUT2D eigenvalue weighted by Gasteiger charge is 2.29. The van der Waals surface area contributed by atoms with Crippen LogP contribution in [0, 0.1) is 11.8 Å².